The van der Waals surface area contributed by atoms with Crippen molar-refractivity contribution in [2.75, 3.05) is 18.0 Å². The number of carbonyl (C=O) groups is 1. The summed E-state index contributed by atoms with van der Waals surface area (Å²) in [5, 5.41) is 4.05. The molecule has 2 aromatic heterocycles. The fourth-order valence-corrected chi connectivity index (χ4v) is 3.67. The summed E-state index contributed by atoms with van der Waals surface area (Å²) in [6.07, 6.45) is 5.95. The fraction of sp³-hybridized carbons (Fsp3) is 0.381. The predicted molar refractivity (Wildman–Crippen MR) is 107 cm³/mol. The molecule has 0 atom stereocenters. The summed E-state index contributed by atoms with van der Waals surface area (Å²) in [4.78, 5) is 27.1. The zero-order valence-electron chi connectivity index (χ0n) is 15.7. The number of anilines is 1. The van der Waals surface area contributed by atoms with Crippen LogP contribution in [0.4, 0.5) is 5.82 Å². The number of para-hydroxylation sites is 1. The van der Waals surface area contributed by atoms with Gasteiger partial charge in [-0.05, 0) is 37.8 Å². The van der Waals surface area contributed by atoms with Crippen LogP contribution in [0.2, 0.25) is 0 Å². The van der Waals surface area contributed by atoms with E-state index in [1.807, 2.05) is 43.5 Å². The topological polar surface area (TPSA) is 73.9 Å². The number of benzene rings is 1. The number of H-pyrrole nitrogens is 1. The van der Waals surface area contributed by atoms with E-state index in [0.717, 1.165) is 41.1 Å². The number of amides is 1. The second kappa shape index (κ2) is 7.78. The molecule has 1 aliphatic heterocycles. The Morgan fingerprint density at radius 3 is 2.85 bits per heavy atom. The van der Waals surface area contributed by atoms with Gasteiger partial charge in [-0.3, -0.25) is 4.79 Å². The van der Waals surface area contributed by atoms with E-state index in [4.69, 9.17) is 0 Å². The number of nitrogens with zero attached hydrogens (tertiary/aromatic N) is 3. The van der Waals surface area contributed by atoms with Crippen molar-refractivity contribution >= 4 is 22.6 Å². The van der Waals surface area contributed by atoms with Crippen LogP contribution < -0.4 is 10.2 Å². The Balaban J connectivity index is 1.40. The van der Waals surface area contributed by atoms with Crippen molar-refractivity contribution in [3.05, 3.63) is 53.6 Å². The van der Waals surface area contributed by atoms with E-state index in [1.165, 1.54) is 19.3 Å². The summed E-state index contributed by atoms with van der Waals surface area (Å²) >= 11 is 0. The number of hydrogen-bond acceptors (Lipinski definition) is 4. The average Bonchev–Trinajstić information content (AvgIpc) is 3.10. The first-order valence-corrected chi connectivity index (χ1v) is 9.60. The van der Waals surface area contributed by atoms with Crippen molar-refractivity contribution in [2.45, 2.75) is 39.2 Å². The second-order valence-electron chi connectivity index (χ2n) is 7.14. The van der Waals surface area contributed by atoms with Crippen LogP contribution in [0.25, 0.3) is 10.9 Å². The summed E-state index contributed by atoms with van der Waals surface area (Å²) in [5.74, 6) is 1.62. The van der Waals surface area contributed by atoms with E-state index in [1.54, 1.807) is 0 Å². The van der Waals surface area contributed by atoms with Crippen molar-refractivity contribution in [1.82, 2.24) is 20.3 Å². The van der Waals surface area contributed by atoms with E-state index < -0.39 is 0 Å². The molecule has 140 valence electrons. The molecule has 1 amide bonds. The number of nitrogens with one attached hydrogen (secondary N) is 2. The Bertz CT molecular complexity index is 943. The van der Waals surface area contributed by atoms with Gasteiger partial charge in [-0.25, -0.2) is 9.97 Å². The first kappa shape index (κ1) is 17.5. The number of piperidine rings is 1. The van der Waals surface area contributed by atoms with Crippen LogP contribution in [-0.4, -0.2) is 33.9 Å². The maximum absolute atomic E-state index is 12.4. The molecular weight excluding hydrogens is 338 g/mol. The Morgan fingerprint density at radius 1 is 1.19 bits per heavy atom. The smallest absolute Gasteiger partial charge is 0.224 e. The minimum absolute atomic E-state index is 0.0237. The van der Waals surface area contributed by atoms with Gasteiger partial charge in [0.1, 0.15) is 11.6 Å². The molecule has 4 rings (SSSR count). The highest BCUT2D eigenvalue weighted by Crippen LogP contribution is 2.19. The molecule has 0 radical (unpaired) electrons. The number of hydrogen-bond donors (Lipinski definition) is 2. The SMILES string of the molecule is Cc1cc(N2CCCCC2)nc(CNC(=O)Cc2c[nH]c3ccccc23)n1. The third-order valence-electron chi connectivity index (χ3n) is 5.04. The molecule has 6 nitrogen and oxygen atoms in total. The van der Waals surface area contributed by atoms with Gasteiger partial charge in [-0.1, -0.05) is 18.2 Å². The maximum atomic E-state index is 12.4. The zero-order chi connectivity index (χ0) is 18.6. The Labute approximate surface area is 159 Å². The van der Waals surface area contributed by atoms with Gasteiger partial charge in [-0.15, -0.1) is 0 Å². The van der Waals surface area contributed by atoms with E-state index in [0.29, 0.717) is 18.8 Å². The van der Waals surface area contributed by atoms with Gasteiger partial charge in [0.15, 0.2) is 0 Å². The van der Waals surface area contributed by atoms with Gasteiger partial charge in [0.2, 0.25) is 5.91 Å². The van der Waals surface area contributed by atoms with Crippen LogP contribution in [0.1, 0.15) is 36.3 Å². The molecule has 1 saturated heterocycles. The molecular formula is C21H25N5O. The standard InChI is InChI=1S/C21H25N5O/c1-15-11-20(26-9-5-2-6-10-26)25-19(24-15)14-23-21(27)12-16-13-22-18-8-4-3-7-17(16)18/h3-4,7-8,11,13,22H,2,5-6,9-10,12,14H2,1H3,(H,23,27). The number of aryl methyl sites for hydroxylation is 1. The number of carbonyl (C=O) groups excluding carboxylic acids is 1. The Kier molecular flexibility index (Phi) is 5.05. The van der Waals surface area contributed by atoms with Crippen molar-refractivity contribution < 1.29 is 4.79 Å². The Morgan fingerprint density at radius 2 is 2.00 bits per heavy atom. The summed E-state index contributed by atoms with van der Waals surface area (Å²) in [6, 6.07) is 10.0. The lowest BCUT2D eigenvalue weighted by Crippen LogP contribution is -2.31. The van der Waals surface area contributed by atoms with E-state index in [2.05, 4.69) is 25.2 Å². The quantitative estimate of drug-likeness (QED) is 0.730. The highest BCUT2D eigenvalue weighted by atomic mass is 16.1. The van der Waals surface area contributed by atoms with Crippen LogP contribution in [-0.2, 0) is 17.8 Å². The number of fused-ring (bicyclic) bond motifs is 1. The number of aromatic nitrogens is 3. The average molecular weight is 363 g/mol. The summed E-state index contributed by atoms with van der Waals surface area (Å²) in [6.45, 7) is 4.42. The molecule has 0 bridgehead atoms. The number of aromatic amines is 1. The lowest BCUT2D eigenvalue weighted by molar-refractivity contribution is -0.120. The molecule has 0 aliphatic carbocycles. The molecule has 0 unspecified atom stereocenters. The van der Waals surface area contributed by atoms with E-state index in [9.17, 15) is 4.79 Å². The minimum Gasteiger partial charge on any atom is -0.361 e. The molecule has 1 aromatic carbocycles. The summed E-state index contributed by atoms with van der Waals surface area (Å²) in [7, 11) is 0. The van der Waals surface area contributed by atoms with Crippen molar-refractivity contribution in [3.8, 4) is 0 Å². The third-order valence-corrected chi connectivity index (χ3v) is 5.04. The molecule has 0 spiro atoms. The molecule has 0 saturated carbocycles. The van der Waals surface area contributed by atoms with E-state index in [-0.39, 0.29) is 5.91 Å². The van der Waals surface area contributed by atoms with Gasteiger partial charge in [0, 0.05) is 41.9 Å². The highest BCUT2D eigenvalue weighted by molar-refractivity contribution is 5.88. The van der Waals surface area contributed by atoms with Crippen molar-refractivity contribution in [2.24, 2.45) is 0 Å². The van der Waals surface area contributed by atoms with Crippen LogP contribution in [0.3, 0.4) is 0 Å². The molecule has 3 aromatic rings. The first-order valence-electron chi connectivity index (χ1n) is 9.60. The zero-order valence-corrected chi connectivity index (χ0v) is 15.7. The molecule has 27 heavy (non-hydrogen) atoms. The third kappa shape index (κ3) is 4.10. The van der Waals surface area contributed by atoms with Crippen molar-refractivity contribution in [1.29, 1.82) is 0 Å². The van der Waals surface area contributed by atoms with Gasteiger partial charge >= 0.3 is 0 Å². The first-order chi connectivity index (χ1) is 13.2. The van der Waals surface area contributed by atoms with Gasteiger partial charge in [-0.2, -0.15) is 0 Å². The van der Waals surface area contributed by atoms with Crippen LogP contribution in [0.15, 0.2) is 36.5 Å². The largest absolute Gasteiger partial charge is 0.361 e. The summed E-state index contributed by atoms with van der Waals surface area (Å²) in [5.41, 5.74) is 2.99. The van der Waals surface area contributed by atoms with Crippen LogP contribution in [0.5, 0.6) is 0 Å². The molecule has 3 heterocycles. The maximum Gasteiger partial charge on any atom is 0.224 e. The van der Waals surface area contributed by atoms with Crippen LogP contribution in [0, 0.1) is 6.92 Å². The second-order valence-corrected chi connectivity index (χ2v) is 7.14. The molecule has 1 fully saturated rings. The molecule has 6 heteroatoms. The summed E-state index contributed by atoms with van der Waals surface area (Å²) < 4.78 is 0. The fourth-order valence-electron chi connectivity index (χ4n) is 3.67. The Hall–Kier alpha value is -2.89. The van der Waals surface area contributed by atoms with Gasteiger partial charge in [0.05, 0.1) is 13.0 Å². The highest BCUT2D eigenvalue weighted by Gasteiger charge is 2.14. The van der Waals surface area contributed by atoms with Crippen LogP contribution >= 0.6 is 0 Å². The van der Waals surface area contributed by atoms with Crippen molar-refractivity contribution in [3.63, 3.8) is 0 Å². The van der Waals surface area contributed by atoms with E-state index >= 15 is 0 Å². The lowest BCUT2D eigenvalue weighted by atomic mass is 10.1. The number of rotatable bonds is 5. The minimum atomic E-state index is -0.0237. The van der Waals surface area contributed by atoms with Gasteiger partial charge < -0.3 is 15.2 Å². The van der Waals surface area contributed by atoms with Gasteiger partial charge in [0.25, 0.3) is 0 Å². The predicted octanol–water partition coefficient (Wildman–Crippen LogP) is 3.12. The monoisotopic (exact) mass is 363 g/mol. The normalized spacial score (nSPS) is 14.5. The molecule has 2 N–H and O–H groups in total. The molecule has 1 aliphatic rings. The lowest BCUT2D eigenvalue weighted by Gasteiger charge is -2.28.